The molecule has 108 valence electrons. The van der Waals surface area contributed by atoms with E-state index < -0.39 is 0 Å². The average molecular weight is 275 g/mol. The molecular weight excluding hydrogens is 254 g/mol. The van der Waals surface area contributed by atoms with Gasteiger partial charge in [-0.15, -0.1) is 0 Å². The summed E-state index contributed by atoms with van der Waals surface area (Å²) in [6, 6.07) is 3.80. The maximum absolute atomic E-state index is 6.53. The Balaban J connectivity index is 2.06. The number of nitrogens with one attached hydrogen (secondary N) is 1. The van der Waals surface area contributed by atoms with Crippen molar-refractivity contribution >= 4 is 11.0 Å². The summed E-state index contributed by atoms with van der Waals surface area (Å²) in [4.78, 5) is 8.04. The number of aromatic nitrogens is 2. The van der Waals surface area contributed by atoms with Crippen LogP contribution in [0, 0.1) is 0 Å². The molecule has 20 heavy (non-hydrogen) atoms. The highest BCUT2D eigenvalue weighted by atomic mass is 16.5. The number of rotatable bonds is 3. The molecule has 3 N–H and O–H groups in total. The lowest BCUT2D eigenvalue weighted by atomic mass is 9.82. The Labute approximate surface area is 118 Å². The number of ether oxygens (including phenoxy) is 2. The largest absolute Gasteiger partial charge is 0.493 e. The van der Waals surface area contributed by atoms with Crippen LogP contribution in [0.5, 0.6) is 11.5 Å². The van der Waals surface area contributed by atoms with Crippen molar-refractivity contribution in [1.29, 1.82) is 0 Å². The molecule has 1 fully saturated rings. The number of aromatic amines is 1. The molecule has 0 bridgehead atoms. The van der Waals surface area contributed by atoms with E-state index in [2.05, 4.69) is 9.97 Å². The van der Waals surface area contributed by atoms with E-state index in [1.807, 2.05) is 12.1 Å². The minimum atomic E-state index is -0.322. The molecule has 1 aromatic carbocycles. The number of H-pyrrole nitrogens is 1. The van der Waals surface area contributed by atoms with Gasteiger partial charge in [0.25, 0.3) is 0 Å². The zero-order valence-corrected chi connectivity index (χ0v) is 12.0. The van der Waals surface area contributed by atoms with Crippen molar-refractivity contribution in [2.24, 2.45) is 5.73 Å². The molecule has 0 spiro atoms. The van der Waals surface area contributed by atoms with E-state index in [9.17, 15) is 0 Å². The molecule has 1 aliphatic carbocycles. The Morgan fingerprint density at radius 2 is 1.75 bits per heavy atom. The third-order valence-corrected chi connectivity index (χ3v) is 4.20. The molecule has 0 unspecified atom stereocenters. The first-order valence-electron chi connectivity index (χ1n) is 7.07. The molecule has 1 aliphatic rings. The number of nitrogens with zero attached hydrogens (tertiary/aromatic N) is 1. The summed E-state index contributed by atoms with van der Waals surface area (Å²) in [7, 11) is 3.26. The van der Waals surface area contributed by atoms with Gasteiger partial charge in [0.1, 0.15) is 5.82 Å². The Morgan fingerprint density at radius 3 is 2.40 bits per heavy atom. The number of nitrogens with two attached hydrogens (primary N) is 1. The smallest absolute Gasteiger partial charge is 0.163 e. The van der Waals surface area contributed by atoms with Crippen LogP contribution in [-0.4, -0.2) is 24.2 Å². The monoisotopic (exact) mass is 275 g/mol. The van der Waals surface area contributed by atoms with Crippen LogP contribution in [0.1, 0.15) is 37.9 Å². The number of benzene rings is 1. The van der Waals surface area contributed by atoms with Crippen molar-refractivity contribution in [3.05, 3.63) is 18.0 Å². The van der Waals surface area contributed by atoms with Crippen LogP contribution in [-0.2, 0) is 5.54 Å². The Bertz CT molecular complexity index is 574. The van der Waals surface area contributed by atoms with Gasteiger partial charge >= 0.3 is 0 Å². The molecule has 0 amide bonds. The van der Waals surface area contributed by atoms with Gasteiger partial charge in [-0.3, -0.25) is 0 Å². The van der Waals surface area contributed by atoms with Gasteiger partial charge < -0.3 is 20.2 Å². The van der Waals surface area contributed by atoms with E-state index in [1.54, 1.807) is 14.2 Å². The quantitative estimate of drug-likeness (QED) is 0.903. The number of imidazole rings is 1. The van der Waals surface area contributed by atoms with Crippen LogP contribution in [0.4, 0.5) is 0 Å². The lowest BCUT2D eigenvalue weighted by Crippen LogP contribution is -2.39. The maximum atomic E-state index is 6.53. The zero-order chi connectivity index (χ0) is 14.2. The Morgan fingerprint density at radius 1 is 1.10 bits per heavy atom. The molecule has 0 radical (unpaired) electrons. The molecule has 5 heteroatoms. The van der Waals surface area contributed by atoms with Crippen LogP contribution in [0.25, 0.3) is 11.0 Å². The summed E-state index contributed by atoms with van der Waals surface area (Å²) in [5, 5.41) is 0. The number of fused-ring (bicyclic) bond motifs is 1. The summed E-state index contributed by atoms with van der Waals surface area (Å²) in [6.07, 6.45) is 5.57. The predicted octanol–water partition coefficient (Wildman–Crippen LogP) is 2.70. The van der Waals surface area contributed by atoms with Gasteiger partial charge in [-0.05, 0) is 12.8 Å². The number of hydrogen-bond donors (Lipinski definition) is 2. The highest BCUT2D eigenvalue weighted by Gasteiger charge is 2.32. The second kappa shape index (κ2) is 4.98. The standard InChI is InChI=1S/C15H21N3O2/c1-19-12-8-10-11(9-13(12)20-2)18-14(17-10)15(16)6-4-3-5-7-15/h8-9H,3-7,16H2,1-2H3,(H,17,18). The van der Waals surface area contributed by atoms with Crippen LogP contribution in [0.2, 0.25) is 0 Å². The van der Waals surface area contributed by atoms with Crippen molar-refractivity contribution in [3.63, 3.8) is 0 Å². The van der Waals surface area contributed by atoms with Crippen LogP contribution < -0.4 is 15.2 Å². The van der Waals surface area contributed by atoms with Gasteiger partial charge in [0.2, 0.25) is 0 Å². The normalized spacial score (nSPS) is 18.1. The average Bonchev–Trinajstić information content (AvgIpc) is 2.90. The fourth-order valence-electron chi connectivity index (χ4n) is 2.99. The molecular formula is C15H21N3O2. The van der Waals surface area contributed by atoms with Crippen molar-refractivity contribution in [2.45, 2.75) is 37.6 Å². The van der Waals surface area contributed by atoms with Crippen molar-refractivity contribution in [3.8, 4) is 11.5 Å². The lowest BCUT2D eigenvalue weighted by Gasteiger charge is -2.31. The fourth-order valence-corrected chi connectivity index (χ4v) is 2.99. The third kappa shape index (κ3) is 2.12. The topological polar surface area (TPSA) is 73.2 Å². The second-order valence-corrected chi connectivity index (χ2v) is 5.53. The van der Waals surface area contributed by atoms with E-state index in [4.69, 9.17) is 15.2 Å². The SMILES string of the molecule is COc1cc2nc(C3(N)CCCCC3)[nH]c2cc1OC. The summed E-state index contributed by atoms with van der Waals surface area (Å²) >= 11 is 0. The van der Waals surface area contributed by atoms with Gasteiger partial charge in [0, 0.05) is 12.1 Å². The van der Waals surface area contributed by atoms with Gasteiger partial charge in [-0.2, -0.15) is 0 Å². The van der Waals surface area contributed by atoms with E-state index in [0.717, 1.165) is 29.7 Å². The summed E-state index contributed by atoms with van der Waals surface area (Å²) in [5.74, 6) is 2.26. The minimum absolute atomic E-state index is 0.322. The highest BCUT2D eigenvalue weighted by Crippen LogP contribution is 2.36. The first kappa shape index (κ1) is 13.2. The molecule has 1 aromatic heterocycles. The Kier molecular flexibility index (Phi) is 3.30. The fraction of sp³-hybridized carbons (Fsp3) is 0.533. The van der Waals surface area contributed by atoms with Crippen molar-refractivity contribution in [2.75, 3.05) is 14.2 Å². The molecule has 5 nitrogen and oxygen atoms in total. The summed E-state index contributed by atoms with van der Waals surface area (Å²) in [6.45, 7) is 0. The summed E-state index contributed by atoms with van der Waals surface area (Å²) < 4.78 is 10.6. The van der Waals surface area contributed by atoms with E-state index in [0.29, 0.717) is 11.5 Å². The minimum Gasteiger partial charge on any atom is -0.493 e. The molecule has 1 saturated carbocycles. The molecule has 3 rings (SSSR count). The highest BCUT2D eigenvalue weighted by molar-refractivity contribution is 5.80. The lowest BCUT2D eigenvalue weighted by molar-refractivity contribution is 0.289. The maximum Gasteiger partial charge on any atom is 0.163 e. The Hall–Kier alpha value is -1.75. The second-order valence-electron chi connectivity index (χ2n) is 5.53. The van der Waals surface area contributed by atoms with Gasteiger partial charge in [0.05, 0.1) is 30.8 Å². The van der Waals surface area contributed by atoms with E-state index in [-0.39, 0.29) is 5.54 Å². The third-order valence-electron chi connectivity index (χ3n) is 4.20. The van der Waals surface area contributed by atoms with Crippen molar-refractivity contribution < 1.29 is 9.47 Å². The predicted molar refractivity (Wildman–Crippen MR) is 78.1 cm³/mol. The number of hydrogen-bond acceptors (Lipinski definition) is 4. The molecule has 0 saturated heterocycles. The first-order chi connectivity index (χ1) is 9.66. The van der Waals surface area contributed by atoms with Gasteiger partial charge in [-0.1, -0.05) is 19.3 Å². The zero-order valence-electron chi connectivity index (χ0n) is 12.0. The van der Waals surface area contributed by atoms with Crippen LogP contribution >= 0.6 is 0 Å². The summed E-state index contributed by atoms with van der Waals surface area (Å²) in [5.41, 5.74) is 8.01. The van der Waals surface area contributed by atoms with Crippen LogP contribution in [0.3, 0.4) is 0 Å². The number of methoxy groups -OCH3 is 2. The van der Waals surface area contributed by atoms with E-state index >= 15 is 0 Å². The van der Waals surface area contributed by atoms with Crippen molar-refractivity contribution in [1.82, 2.24) is 9.97 Å². The van der Waals surface area contributed by atoms with Gasteiger partial charge in [-0.25, -0.2) is 4.98 Å². The molecule has 1 heterocycles. The first-order valence-corrected chi connectivity index (χ1v) is 7.07. The molecule has 0 atom stereocenters. The van der Waals surface area contributed by atoms with E-state index in [1.165, 1.54) is 19.3 Å². The van der Waals surface area contributed by atoms with Gasteiger partial charge in [0.15, 0.2) is 11.5 Å². The van der Waals surface area contributed by atoms with Crippen LogP contribution in [0.15, 0.2) is 12.1 Å². The molecule has 0 aliphatic heterocycles. The molecule has 2 aromatic rings.